The first-order chi connectivity index (χ1) is 52.0. The van der Waals surface area contributed by atoms with Gasteiger partial charge in [-0.05, 0) is 175 Å². The van der Waals surface area contributed by atoms with Crippen LogP contribution in [0.15, 0.2) is 370 Å². The van der Waals surface area contributed by atoms with Gasteiger partial charge in [0.2, 0.25) is 0 Å². The minimum Gasteiger partial charge on any atom is -0.537 e. The van der Waals surface area contributed by atoms with Crippen molar-refractivity contribution in [3.63, 3.8) is 0 Å². The Morgan fingerprint density at radius 1 is 0.238 bits per heavy atom. The second-order valence-corrected chi connectivity index (χ2v) is 27.8. The normalized spacial score (nSPS) is 11.7. The van der Waals surface area contributed by atoms with Crippen LogP contribution in [-0.4, -0.2) is 12.7 Å². The zero-order valence-corrected chi connectivity index (χ0v) is 58.1. The standard InChI is InChI=1S/C52H30O2.C30H20BO2.C16H9BrO/c1-3-18-35-31(13-1)15-12-25-36(35)33-16-11-17-34(29-33)47-38-20-5-7-22-40(38)48(41-23-8-6-21-39(41)47)43-30-44-49-37-19-4-2-14-32(37)27-28-46(49)54-52(44)50-42-24-9-10-26-45(42)53-51(43)50;32-31-33-30-27-16-5-3-14-25(27)29(26-15-4-6-17-28(26)30)22-12-7-11-21(19-22)24-18-8-10-20-9-1-2-13-23(20)24;17-11-6-8-14-13(9-11)16-12-4-2-1-3-10(12)5-7-15(16)18-14/h1-30H;1-19,32H;1-9H. The van der Waals surface area contributed by atoms with Gasteiger partial charge >= 0.3 is 7.69 Å². The maximum absolute atomic E-state index is 9.43. The summed E-state index contributed by atoms with van der Waals surface area (Å²) in [5, 5.41) is 34.8. The van der Waals surface area contributed by atoms with Crippen LogP contribution in [0.25, 0.3) is 208 Å². The molecule has 0 amide bonds. The van der Waals surface area contributed by atoms with Gasteiger partial charge in [0.25, 0.3) is 0 Å². The van der Waals surface area contributed by atoms with Gasteiger partial charge in [-0.3, -0.25) is 0 Å². The van der Waals surface area contributed by atoms with Crippen molar-refractivity contribution in [1.82, 2.24) is 0 Å². The quantitative estimate of drug-likeness (QED) is 0.127. The zero-order valence-electron chi connectivity index (χ0n) is 56.5. The number of para-hydroxylation sites is 1. The number of hydrogen-bond acceptors (Lipinski definition) is 5. The monoisotopic (exact) mass is 1410 g/mol. The van der Waals surface area contributed by atoms with Gasteiger partial charge in [0.15, 0.2) is 0 Å². The van der Waals surface area contributed by atoms with Crippen molar-refractivity contribution >= 4 is 176 Å². The van der Waals surface area contributed by atoms with Crippen molar-refractivity contribution in [1.29, 1.82) is 0 Å². The van der Waals surface area contributed by atoms with Crippen LogP contribution in [0.1, 0.15) is 0 Å². The highest BCUT2D eigenvalue weighted by Gasteiger charge is 2.26. The molecule has 0 aliphatic heterocycles. The van der Waals surface area contributed by atoms with E-state index >= 15 is 0 Å². The topological polar surface area (TPSA) is 68.9 Å². The third-order valence-corrected chi connectivity index (χ3v) is 21.5. The Morgan fingerprint density at radius 2 is 0.610 bits per heavy atom. The predicted octanol–water partition coefficient (Wildman–Crippen LogP) is 28.0. The molecule has 1 N–H and O–H groups in total. The first-order valence-corrected chi connectivity index (χ1v) is 36.1. The number of halogens is 1. The number of fused-ring (bicyclic) bond motifs is 20. The van der Waals surface area contributed by atoms with Gasteiger partial charge in [-0.25, -0.2) is 0 Å². The van der Waals surface area contributed by atoms with Gasteiger partial charge < -0.3 is 22.9 Å². The van der Waals surface area contributed by atoms with Crippen LogP contribution in [0.4, 0.5) is 0 Å². The molecule has 0 aliphatic rings. The Kier molecular flexibility index (Phi) is 15.0. The molecule has 0 saturated heterocycles. The van der Waals surface area contributed by atoms with Crippen LogP contribution >= 0.6 is 15.9 Å². The summed E-state index contributed by atoms with van der Waals surface area (Å²) in [6.45, 7) is 0. The third kappa shape index (κ3) is 10.3. The SMILES string of the molecule is Brc1ccc2oc3ccc4ccccc4c3c2c1.O[B]Oc1c2ccccc2c(-c2cccc(-c3cccc4ccccc34)c2)c2ccccc12.c1cc(-c2cccc3ccccc23)cc(-c2c3ccccc3c(-c3cc4c(oc5ccc6ccccc6c54)c4c3oc3ccccc34)c3ccccc23)c1. The summed E-state index contributed by atoms with van der Waals surface area (Å²) in [5.41, 5.74) is 17.1. The van der Waals surface area contributed by atoms with Crippen molar-refractivity contribution in [3.05, 3.63) is 356 Å². The van der Waals surface area contributed by atoms with Crippen molar-refractivity contribution < 1.29 is 22.9 Å². The predicted molar refractivity (Wildman–Crippen MR) is 445 cm³/mol. The fraction of sp³-hybridized carbons (Fsp3) is 0. The van der Waals surface area contributed by atoms with Crippen LogP contribution in [0, 0.1) is 0 Å². The van der Waals surface area contributed by atoms with E-state index in [-0.39, 0.29) is 0 Å². The third-order valence-electron chi connectivity index (χ3n) is 21.1. The molecule has 0 spiro atoms. The summed E-state index contributed by atoms with van der Waals surface area (Å²) < 4.78 is 26.2. The van der Waals surface area contributed by atoms with Crippen LogP contribution in [-0.2, 0) is 0 Å². The van der Waals surface area contributed by atoms with E-state index in [1.54, 1.807) is 0 Å². The summed E-state index contributed by atoms with van der Waals surface area (Å²) in [7, 11) is 0.759. The Morgan fingerprint density at radius 3 is 1.13 bits per heavy atom. The largest absolute Gasteiger partial charge is 0.569 e. The summed E-state index contributed by atoms with van der Waals surface area (Å²) >= 11 is 3.53. The van der Waals surface area contributed by atoms with Gasteiger partial charge in [0, 0.05) is 53.3 Å². The molecule has 1 radical (unpaired) electrons. The van der Waals surface area contributed by atoms with Gasteiger partial charge in [0.05, 0.1) is 5.39 Å². The first kappa shape index (κ1) is 61.8. The highest BCUT2D eigenvalue weighted by molar-refractivity contribution is 9.10. The van der Waals surface area contributed by atoms with Crippen molar-refractivity contribution in [2.45, 2.75) is 0 Å². The Hall–Kier alpha value is -13.0. The number of benzene rings is 19. The summed E-state index contributed by atoms with van der Waals surface area (Å²) in [4.78, 5) is 0. The lowest BCUT2D eigenvalue weighted by molar-refractivity contribution is 0.459. The Labute approximate surface area is 612 Å². The Bertz CT molecular complexity index is 7160. The maximum atomic E-state index is 9.43. The average Bonchev–Trinajstić information content (AvgIpc) is 1.61. The smallest absolute Gasteiger partial charge is 0.537 e. The molecule has 22 aromatic rings. The lowest BCUT2D eigenvalue weighted by atomic mass is 9.84. The van der Waals surface area contributed by atoms with E-state index < -0.39 is 0 Å². The molecule has 0 atom stereocenters. The van der Waals surface area contributed by atoms with E-state index in [1.807, 2.05) is 60.7 Å². The van der Waals surface area contributed by atoms with Crippen LogP contribution in [0.2, 0.25) is 0 Å². The minimum atomic E-state index is 0.664. The van der Waals surface area contributed by atoms with E-state index in [2.05, 4.69) is 307 Å². The lowest BCUT2D eigenvalue weighted by Gasteiger charge is -2.18. The molecule has 22 rings (SSSR count). The maximum Gasteiger partial charge on any atom is 0.569 e. The minimum absolute atomic E-state index is 0.664. The molecular weight excluding hydrogens is 1350 g/mol. The molecule has 0 saturated carbocycles. The van der Waals surface area contributed by atoms with Crippen molar-refractivity contribution in [2.24, 2.45) is 0 Å². The number of hydrogen-bond donors (Lipinski definition) is 1. The average molecular weight is 1410 g/mol. The zero-order chi connectivity index (χ0) is 69.6. The molecule has 105 heavy (non-hydrogen) atoms. The molecule has 7 heteroatoms. The van der Waals surface area contributed by atoms with Gasteiger partial charge in [-0.15, -0.1) is 0 Å². The van der Waals surface area contributed by atoms with E-state index in [0.29, 0.717) is 5.75 Å². The molecule has 19 aromatic carbocycles. The Balaban J connectivity index is 0.000000121. The van der Waals surface area contributed by atoms with Crippen LogP contribution < -0.4 is 4.65 Å². The van der Waals surface area contributed by atoms with E-state index in [0.717, 1.165) is 116 Å². The van der Waals surface area contributed by atoms with Gasteiger partial charge in [0.1, 0.15) is 39.2 Å². The van der Waals surface area contributed by atoms with Crippen molar-refractivity contribution in [2.75, 3.05) is 0 Å². The molecule has 3 aromatic heterocycles. The lowest BCUT2D eigenvalue weighted by Crippen LogP contribution is -2.02. The second-order valence-electron chi connectivity index (χ2n) is 26.8. The van der Waals surface area contributed by atoms with Crippen LogP contribution in [0.3, 0.4) is 0 Å². The second kappa shape index (κ2) is 25.5. The molecule has 0 fully saturated rings. The van der Waals surface area contributed by atoms with E-state index in [9.17, 15) is 5.02 Å². The molecule has 3 heterocycles. The highest BCUT2D eigenvalue weighted by Crippen LogP contribution is 2.52. The molecule has 0 unspecified atom stereocenters. The van der Waals surface area contributed by atoms with E-state index in [1.165, 1.54) is 103 Å². The summed E-state index contributed by atoms with van der Waals surface area (Å²) in [6, 6.07) is 124. The molecule has 491 valence electrons. The summed E-state index contributed by atoms with van der Waals surface area (Å²) in [6.07, 6.45) is 0. The highest BCUT2D eigenvalue weighted by atomic mass is 79.9. The van der Waals surface area contributed by atoms with Gasteiger partial charge in [-0.2, -0.15) is 0 Å². The fourth-order valence-corrected chi connectivity index (χ4v) is 16.9. The summed E-state index contributed by atoms with van der Waals surface area (Å²) in [5.74, 6) is 0.664. The van der Waals surface area contributed by atoms with Crippen LogP contribution in [0.5, 0.6) is 5.75 Å². The fourth-order valence-electron chi connectivity index (χ4n) is 16.5. The molecule has 0 aliphatic carbocycles. The van der Waals surface area contributed by atoms with Gasteiger partial charge in [-0.1, -0.05) is 313 Å². The molecule has 0 bridgehead atoms. The molecule has 5 nitrogen and oxygen atoms in total. The van der Waals surface area contributed by atoms with E-state index in [4.69, 9.17) is 17.9 Å². The number of furan rings is 3. The molecular formula is C98H59BBrO5. The number of rotatable bonds is 7. The first-order valence-electron chi connectivity index (χ1n) is 35.3. The van der Waals surface area contributed by atoms with Crippen molar-refractivity contribution in [3.8, 4) is 61.4 Å².